The molecule has 0 radical (unpaired) electrons. The summed E-state index contributed by atoms with van der Waals surface area (Å²) in [5.41, 5.74) is 1.08. The van der Waals surface area contributed by atoms with Crippen LogP contribution in [0.4, 0.5) is 23.2 Å². The van der Waals surface area contributed by atoms with Crippen molar-refractivity contribution in [2.75, 3.05) is 19.4 Å². The Balaban J connectivity index is 1.72. The maximum Gasteiger partial charge on any atom is 0.273 e. The standard InChI is InChI=1S/C22H20F4N4O3/c1-4-30-19(22(32)29(2)3)16(10-27-30)28-21(31)13-7-5-12(6-8-13)11-33-20-17(25)14(23)9-15(24)18(20)26/h5-10H,4,11H2,1-3H3,(H,28,31). The quantitative estimate of drug-likeness (QED) is 0.424. The van der Waals surface area contributed by atoms with Crippen LogP contribution < -0.4 is 10.1 Å². The Morgan fingerprint density at radius 2 is 1.67 bits per heavy atom. The predicted octanol–water partition coefficient (Wildman–Crippen LogP) is 3.99. The number of amides is 2. The fraction of sp³-hybridized carbons (Fsp3) is 0.227. The maximum absolute atomic E-state index is 13.7. The van der Waals surface area contributed by atoms with Gasteiger partial charge in [0.05, 0.1) is 11.9 Å². The molecule has 0 fully saturated rings. The van der Waals surface area contributed by atoms with Gasteiger partial charge in [0.15, 0.2) is 17.4 Å². The monoisotopic (exact) mass is 464 g/mol. The van der Waals surface area contributed by atoms with E-state index in [0.29, 0.717) is 12.1 Å². The van der Waals surface area contributed by atoms with Crippen LogP contribution >= 0.6 is 0 Å². The van der Waals surface area contributed by atoms with Crippen LogP contribution in [0.5, 0.6) is 5.75 Å². The molecule has 2 aromatic carbocycles. The summed E-state index contributed by atoms with van der Waals surface area (Å²) in [6.07, 6.45) is 1.38. The zero-order chi connectivity index (χ0) is 24.3. The molecular formula is C22H20F4N4O3. The predicted molar refractivity (Wildman–Crippen MR) is 111 cm³/mol. The van der Waals surface area contributed by atoms with Crippen molar-refractivity contribution in [2.45, 2.75) is 20.1 Å². The first kappa shape index (κ1) is 23.8. The first-order chi connectivity index (χ1) is 15.6. The summed E-state index contributed by atoms with van der Waals surface area (Å²) in [5, 5.41) is 6.74. The Morgan fingerprint density at radius 1 is 1.06 bits per heavy atom. The van der Waals surface area contributed by atoms with E-state index in [1.165, 1.54) is 40.0 Å². The molecular weight excluding hydrogens is 444 g/mol. The summed E-state index contributed by atoms with van der Waals surface area (Å²) in [6, 6.07) is 5.82. The molecule has 0 spiro atoms. The molecule has 0 unspecified atom stereocenters. The fourth-order valence-electron chi connectivity index (χ4n) is 2.93. The minimum atomic E-state index is -1.64. The molecule has 3 aromatic rings. The molecule has 33 heavy (non-hydrogen) atoms. The summed E-state index contributed by atoms with van der Waals surface area (Å²) >= 11 is 0. The van der Waals surface area contributed by atoms with Gasteiger partial charge >= 0.3 is 0 Å². The Hall–Kier alpha value is -3.89. The van der Waals surface area contributed by atoms with Crippen molar-refractivity contribution in [3.05, 3.63) is 76.6 Å². The van der Waals surface area contributed by atoms with Gasteiger partial charge in [-0.1, -0.05) is 12.1 Å². The summed E-state index contributed by atoms with van der Waals surface area (Å²) in [6.45, 7) is 1.83. The number of aryl methyl sites for hydroxylation is 1. The van der Waals surface area contributed by atoms with E-state index in [1.54, 1.807) is 14.1 Å². The Kier molecular flexibility index (Phi) is 7.00. The third-order valence-electron chi connectivity index (χ3n) is 4.67. The van der Waals surface area contributed by atoms with Gasteiger partial charge in [-0.05, 0) is 24.6 Å². The fourth-order valence-corrected chi connectivity index (χ4v) is 2.93. The van der Waals surface area contributed by atoms with Gasteiger partial charge in [0.2, 0.25) is 11.6 Å². The first-order valence-electron chi connectivity index (χ1n) is 9.77. The van der Waals surface area contributed by atoms with E-state index in [9.17, 15) is 27.2 Å². The molecule has 1 aromatic heterocycles. The number of nitrogens with one attached hydrogen (secondary N) is 1. The zero-order valence-corrected chi connectivity index (χ0v) is 18.0. The molecule has 0 aliphatic rings. The minimum Gasteiger partial charge on any atom is -0.483 e. The Labute approximate surface area is 186 Å². The minimum absolute atomic E-state index is 0.0900. The molecule has 0 aliphatic carbocycles. The van der Waals surface area contributed by atoms with Gasteiger partial charge in [-0.15, -0.1) is 0 Å². The summed E-state index contributed by atoms with van der Waals surface area (Å²) in [5.74, 6) is -8.44. The molecule has 2 amide bonds. The Bertz CT molecular complexity index is 1170. The van der Waals surface area contributed by atoms with E-state index in [2.05, 4.69) is 10.4 Å². The van der Waals surface area contributed by atoms with Crippen molar-refractivity contribution < 1.29 is 31.9 Å². The first-order valence-corrected chi connectivity index (χ1v) is 9.77. The largest absolute Gasteiger partial charge is 0.483 e. The van der Waals surface area contributed by atoms with Crippen LogP contribution in [0.2, 0.25) is 0 Å². The molecule has 174 valence electrons. The normalized spacial score (nSPS) is 10.8. The van der Waals surface area contributed by atoms with Crippen LogP contribution in [0.15, 0.2) is 36.5 Å². The average molecular weight is 464 g/mol. The molecule has 3 rings (SSSR count). The van der Waals surface area contributed by atoms with Gasteiger partial charge in [-0.2, -0.15) is 13.9 Å². The lowest BCUT2D eigenvalue weighted by atomic mass is 10.1. The number of benzene rings is 2. The smallest absolute Gasteiger partial charge is 0.273 e. The van der Waals surface area contributed by atoms with Crippen LogP contribution in [-0.4, -0.2) is 40.6 Å². The number of halogens is 4. The van der Waals surface area contributed by atoms with Crippen LogP contribution in [0.1, 0.15) is 33.3 Å². The van der Waals surface area contributed by atoms with Crippen molar-refractivity contribution in [3.8, 4) is 5.75 Å². The summed E-state index contributed by atoms with van der Waals surface area (Å²) in [7, 11) is 3.16. The van der Waals surface area contributed by atoms with Gasteiger partial charge in [0, 0.05) is 32.3 Å². The van der Waals surface area contributed by atoms with Crippen LogP contribution in [0.3, 0.4) is 0 Å². The lowest BCUT2D eigenvalue weighted by Gasteiger charge is -2.14. The van der Waals surface area contributed by atoms with Gasteiger partial charge in [0.1, 0.15) is 12.3 Å². The molecule has 11 heteroatoms. The van der Waals surface area contributed by atoms with Crippen LogP contribution in [0.25, 0.3) is 0 Å². The van der Waals surface area contributed by atoms with Crippen molar-refractivity contribution in [1.82, 2.24) is 14.7 Å². The Morgan fingerprint density at radius 3 is 2.21 bits per heavy atom. The molecule has 0 saturated carbocycles. The van der Waals surface area contributed by atoms with Crippen molar-refractivity contribution >= 4 is 17.5 Å². The van der Waals surface area contributed by atoms with E-state index < -0.39 is 41.5 Å². The second kappa shape index (κ2) is 9.72. The molecule has 1 N–H and O–H groups in total. The molecule has 0 bridgehead atoms. The third kappa shape index (κ3) is 4.97. The lowest BCUT2D eigenvalue weighted by Crippen LogP contribution is -2.26. The molecule has 0 aliphatic heterocycles. The highest BCUT2D eigenvalue weighted by Gasteiger charge is 2.22. The van der Waals surface area contributed by atoms with Crippen molar-refractivity contribution in [2.24, 2.45) is 0 Å². The van der Waals surface area contributed by atoms with Crippen molar-refractivity contribution in [3.63, 3.8) is 0 Å². The van der Waals surface area contributed by atoms with E-state index in [1.807, 2.05) is 6.92 Å². The van der Waals surface area contributed by atoms with Crippen molar-refractivity contribution in [1.29, 1.82) is 0 Å². The number of hydrogen-bond donors (Lipinski definition) is 1. The third-order valence-corrected chi connectivity index (χ3v) is 4.67. The number of rotatable bonds is 7. The number of hydrogen-bond acceptors (Lipinski definition) is 4. The number of aromatic nitrogens is 2. The number of carbonyl (C=O) groups excluding carboxylic acids is 2. The number of anilines is 1. The van der Waals surface area contributed by atoms with E-state index in [0.717, 1.165) is 0 Å². The zero-order valence-electron chi connectivity index (χ0n) is 18.0. The van der Waals surface area contributed by atoms with Gasteiger partial charge in [0.25, 0.3) is 11.8 Å². The highest BCUT2D eigenvalue weighted by atomic mass is 19.2. The van der Waals surface area contributed by atoms with Gasteiger partial charge in [-0.3, -0.25) is 14.3 Å². The molecule has 0 saturated heterocycles. The number of ether oxygens (including phenoxy) is 1. The molecule has 0 atom stereocenters. The summed E-state index contributed by atoms with van der Waals surface area (Å²) in [4.78, 5) is 26.4. The highest BCUT2D eigenvalue weighted by molar-refractivity contribution is 6.08. The van der Waals surface area contributed by atoms with Crippen LogP contribution in [-0.2, 0) is 13.2 Å². The number of carbonyl (C=O) groups is 2. The van der Waals surface area contributed by atoms with Crippen LogP contribution in [0, 0.1) is 23.3 Å². The highest BCUT2D eigenvalue weighted by Crippen LogP contribution is 2.27. The second-order valence-electron chi connectivity index (χ2n) is 7.16. The van der Waals surface area contributed by atoms with E-state index in [4.69, 9.17) is 4.74 Å². The number of nitrogens with zero attached hydrogens (tertiary/aromatic N) is 3. The topological polar surface area (TPSA) is 76.5 Å². The van der Waals surface area contributed by atoms with Gasteiger partial charge in [-0.25, -0.2) is 8.78 Å². The molecule has 7 nitrogen and oxygen atoms in total. The van der Waals surface area contributed by atoms with Gasteiger partial charge < -0.3 is 15.0 Å². The van der Waals surface area contributed by atoms with E-state index >= 15 is 0 Å². The lowest BCUT2D eigenvalue weighted by molar-refractivity contribution is 0.0816. The maximum atomic E-state index is 13.7. The summed E-state index contributed by atoms with van der Waals surface area (Å²) < 4.78 is 60.3. The van der Waals surface area contributed by atoms with E-state index in [-0.39, 0.29) is 28.9 Å². The average Bonchev–Trinajstić information content (AvgIpc) is 3.19. The second-order valence-corrected chi connectivity index (χ2v) is 7.16. The molecule has 1 heterocycles. The SMILES string of the molecule is CCn1ncc(NC(=O)c2ccc(COc3c(F)c(F)cc(F)c3F)cc2)c1C(=O)N(C)C.